The lowest BCUT2D eigenvalue weighted by molar-refractivity contribution is 0.375. The number of allylic oxidation sites excluding steroid dienone is 1. The van der Waals surface area contributed by atoms with Crippen LogP contribution in [0.1, 0.15) is 110 Å². The zero-order chi connectivity index (χ0) is 16.3. The Bertz CT molecular complexity index is 238. The van der Waals surface area contributed by atoms with Gasteiger partial charge in [-0.3, -0.25) is 0 Å². The lowest BCUT2D eigenvalue weighted by Crippen LogP contribution is -2.08. The number of hydrogen-bond donors (Lipinski definition) is 2. The standard InChI is InChI=1S/C20H41NO/c1-3-5-7-9-11-12-14-16-18-21-19-20(22)17-15-13-10-8-6-4-2/h19,21-22H,3-18H2,1-2H3. The molecule has 0 amide bonds. The zero-order valence-electron chi connectivity index (χ0n) is 15.3. The average Bonchev–Trinajstić information content (AvgIpc) is 2.52. The summed E-state index contributed by atoms with van der Waals surface area (Å²) in [5, 5.41) is 13.0. The van der Waals surface area contributed by atoms with Crippen LogP contribution in [0.25, 0.3) is 0 Å². The first-order valence-electron chi connectivity index (χ1n) is 9.92. The van der Waals surface area contributed by atoms with Crippen molar-refractivity contribution in [2.45, 2.75) is 110 Å². The summed E-state index contributed by atoms with van der Waals surface area (Å²) in [6.45, 7) is 5.50. The van der Waals surface area contributed by atoms with Crippen molar-refractivity contribution in [3.05, 3.63) is 12.0 Å². The van der Waals surface area contributed by atoms with Crippen molar-refractivity contribution in [1.29, 1.82) is 0 Å². The molecule has 0 saturated heterocycles. The Labute approximate surface area is 139 Å². The summed E-state index contributed by atoms with van der Waals surface area (Å²) in [6.07, 6.45) is 21.1. The molecule has 0 bridgehead atoms. The topological polar surface area (TPSA) is 32.3 Å². The van der Waals surface area contributed by atoms with E-state index < -0.39 is 0 Å². The summed E-state index contributed by atoms with van der Waals surface area (Å²) in [5.74, 6) is 0.523. The number of hydrogen-bond acceptors (Lipinski definition) is 2. The van der Waals surface area contributed by atoms with Gasteiger partial charge in [0.05, 0.1) is 0 Å². The van der Waals surface area contributed by atoms with E-state index in [1.54, 1.807) is 0 Å². The summed E-state index contributed by atoms with van der Waals surface area (Å²) >= 11 is 0. The van der Waals surface area contributed by atoms with Crippen LogP contribution in [0.2, 0.25) is 0 Å². The van der Waals surface area contributed by atoms with Gasteiger partial charge >= 0.3 is 0 Å². The second-order valence-electron chi connectivity index (χ2n) is 6.58. The Morgan fingerprint density at radius 3 is 1.68 bits per heavy atom. The lowest BCUT2D eigenvalue weighted by Gasteiger charge is -2.04. The number of aliphatic hydroxyl groups excluding tert-OH is 1. The van der Waals surface area contributed by atoms with Gasteiger partial charge in [0, 0.05) is 19.2 Å². The van der Waals surface area contributed by atoms with Crippen LogP contribution in [-0.2, 0) is 0 Å². The monoisotopic (exact) mass is 311 g/mol. The Morgan fingerprint density at radius 1 is 0.682 bits per heavy atom. The van der Waals surface area contributed by atoms with Crippen molar-refractivity contribution < 1.29 is 5.11 Å². The lowest BCUT2D eigenvalue weighted by atomic mass is 10.1. The minimum Gasteiger partial charge on any atom is -0.511 e. The Balaban J connectivity index is 3.23. The number of nitrogens with one attached hydrogen (secondary N) is 1. The molecule has 0 spiro atoms. The molecule has 0 rings (SSSR count). The quantitative estimate of drug-likeness (QED) is 0.227. The van der Waals surface area contributed by atoms with Gasteiger partial charge in [-0.25, -0.2) is 0 Å². The maximum Gasteiger partial charge on any atom is 0.108 e. The summed E-state index contributed by atoms with van der Waals surface area (Å²) in [6, 6.07) is 0. The SMILES string of the molecule is CCCCCCCCCCNC=C(O)CCCCCCCC. The van der Waals surface area contributed by atoms with Crippen molar-refractivity contribution in [1.82, 2.24) is 5.32 Å². The van der Waals surface area contributed by atoms with Crippen LogP contribution < -0.4 is 5.32 Å². The van der Waals surface area contributed by atoms with Crippen molar-refractivity contribution in [2.75, 3.05) is 6.54 Å². The van der Waals surface area contributed by atoms with Crippen LogP contribution >= 0.6 is 0 Å². The molecule has 132 valence electrons. The van der Waals surface area contributed by atoms with Gasteiger partial charge in [0.15, 0.2) is 0 Å². The fourth-order valence-corrected chi connectivity index (χ4v) is 2.71. The molecule has 0 aromatic heterocycles. The largest absolute Gasteiger partial charge is 0.511 e. The fourth-order valence-electron chi connectivity index (χ4n) is 2.71. The van der Waals surface area contributed by atoms with E-state index >= 15 is 0 Å². The molecule has 2 heteroatoms. The molecule has 0 heterocycles. The molecule has 0 aliphatic carbocycles. The van der Waals surface area contributed by atoms with E-state index in [2.05, 4.69) is 19.2 Å². The third-order valence-corrected chi connectivity index (χ3v) is 4.23. The van der Waals surface area contributed by atoms with E-state index in [1.165, 1.54) is 83.5 Å². The van der Waals surface area contributed by atoms with Crippen LogP contribution in [0.5, 0.6) is 0 Å². The van der Waals surface area contributed by atoms with Crippen LogP contribution in [0.15, 0.2) is 12.0 Å². The highest BCUT2D eigenvalue weighted by molar-refractivity contribution is 4.88. The summed E-state index contributed by atoms with van der Waals surface area (Å²) in [7, 11) is 0. The normalized spacial score (nSPS) is 11.8. The molecule has 2 N–H and O–H groups in total. The highest BCUT2D eigenvalue weighted by Gasteiger charge is 1.95. The second kappa shape index (κ2) is 18.4. The molecule has 22 heavy (non-hydrogen) atoms. The Kier molecular flexibility index (Phi) is 17.8. The Morgan fingerprint density at radius 2 is 1.14 bits per heavy atom. The number of rotatable bonds is 17. The van der Waals surface area contributed by atoms with Crippen molar-refractivity contribution in [3.63, 3.8) is 0 Å². The highest BCUT2D eigenvalue weighted by Crippen LogP contribution is 2.10. The van der Waals surface area contributed by atoms with Crippen molar-refractivity contribution in [2.24, 2.45) is 0 Å². The molecule has 0 radical (unpaired) electrons. The third-order valence-electron chi connectivity index (χ3n) is 4.23. The molecule has 0 fully saturated rings. The number of aliphatic hydroxyl groups is 1. The molecular weight excluding hydrogens is 270 g/mol. The first-order chi connectivity index (χ1) is 10.8. The molecule has 0 aromatic carbocycles. The van der Waals surface area contributed by atoms with Gasteiger partial charge in [-0.15, -0.1) is 0 Å². The predicted molar refractivity (Wildman–Crippen MR) is 99.3 cm³/mol. The van der Waals surface area contributed by atoms with Crippen LogP contribution in [0, 0.1) is 0 Å². The van der Waals surface area contributed by atoms with Gasteiger partial charge in [0.2, 0.25) is 0 Å². The molecule has 0 saturated carbocycles. The van der Waals surface area contributed by atoms with E-state index in [-0.39, 0.29) is 0 Å². The first-order valence-corrected chi connectivity index (χ1v) is 9.92. The highest BCUT2D eigenvalue weighted by atomic mass is 16.3. The molecule has 0 aliphatic heterocycles. The van der Waals surface area contributed by atoms with E-state index in [4.69, 9.17) is 0 Å². The van der Waals surface area contributed by atoms with Gasteiger partial charge in [-0.2, -0.15) is 0 Å². The van der Waals surface area contributed by atoms with Gasteiger partial charge in [0.25, 0.3) is 0 Å². The maximum absolute atomic E-state index is 9.77. The third kappa shape index (κ3) is 17.4. The smallest absolute Gasteiger partial charge is 0.108 e. The minimum atomic E-state index is 0.523. The van der Waals surface area contributed by atoms with Crippen LogP contribution in [0.3, 0.4) is 0 Å². The maximum atomic E-state index is 9.77. The molecule has 2 nitrogen and oxygen atoms in total. The summed E-state index contributed by atoms with van der Waals surface area (Å²) in [5.41, 5.74) is 0. The van der Waals surface area contributed by atoms with E-state index in [0.717, 1.165) is 19.4 Å². The molecule has 0 unspecified atom stereocenters. The molecule has 0 aromatic rings. The second-order valence-corrected chi connectivity index (χ2v) is 6.58. The van der Waals surface area contributed by atoms with Crippen molar-refractivity contribution in [3.8, 4) is 0 Å². The van der Waals surface area contributed by atoms with Gasteiger partial charge in [-0.05, 0) is 12.8 Å². The zero-order valence-corrected chi connectivity index (χ0v) is 15.3. The fraction of sp³-hybridized carbons (Fsp3) is 0.900. The van der Waals surface area contributed by atoms with E-state index in [1.807, 2.05) is 6.20 Å². The Hall–Kier alpha value is -0.660. The van der Waals surface area contributed by atoms with Crippen LogP contribution in [0.4, 0.5) is 0 Å². The summed E-state index contributed by atoms with van der Waals surface area (Å²) < 4.78 is 0. The van der Waals surface area contributed by atoms with E-state index in [0.29, 0.717) is 5.76 Å². The first kappa shape index (κ1) is 21.3. The molecule has 0 atom stereocenters. The minimum absolute atomic E-state index is 0.523. The van der Waals surface area contributed by atoms with Gasteiger partial charge in [0.1, 0.15) is 5.76 Å². The van der Waals surface area contributed by atoms with E-state index in [9.17, 15) is 5.11 Å². The summed E-state index contributed by atoms with van der Waals surface area (Å²) in [4.78, 5) is 0. The molecule has 0 aliphatic rings. The van der Waals surface area contributed by atoms with Crippen molar-refractivity contribution >= 4 is 0 Å². The number of unbranched alkanes of at least 4 members (excludes halogenated alkanes) is 12. The average molecular weight is 312 g/mol. The van der Waals surface area contributed by atoms with Gasteiger partial charge in [-0.1, -0.05) is 90.9 Å². The van der Waals surface area contributed by atoms with Crippen LogP contribution in [-0.4, -0.2) is 11.7 Å². The predicted octanol–water partition coefficient (Wildman–Crippen LogP) is 6.87. The molecular formula is C20H41NO. The van der Waals surface area contributed by atoms with Gasteiger partial charge < -0.3 is 10.4 Å².